The van der Waals surface area contributed by atoms with Crippen LogP contribution in [0.25, 0.3) is 0 Å². The van der Waals surface area contributed by atoms with E-state index in [9.17, 15) is 14.3 Å². The largest absolute Gasteiger partial charge is 0.508 e. The normalized spacial score (nSPS) is 20.3. The molecule has 1 aliphatic heterocycles. The van der Waals surface area contributed by atoms with Crippen LogP contribution in [0, 0.1) is 5.82 Å². The van der Waals surface area contributed by atoms with Crippen LogP contribution in [-0.2, 0) is 18.8 Å². The van der Waals surface area contributed by atoms with Crippen LogP contribution < -0.4 is 0 Å². The summed E-state index contributed by atoms with van der Waals surface area (Å²) in [5.41, 5.74) is -0.779. The van der Waals surface area contributed by atoms with Gasteiger partial charge in [-0.05, 0) is 39.3 Å². The van der Waals surface area contributed by atoms with E-state index in [2.05, 4.69) is 0 Å². The van der Waals surface area contributed by atoms with Crippen molar-refractivity contribution in [2.24, 2.45) is 0 Å². The second-order valence-electron chi connectivity index (χ2n) is 6.71. The smallest absolute Gasteiger partial charge is 0.466 e. The number of aromatic hydroxyl groups is 1. The summed E-state index contributed by atoms with van der Waals surface area (Å²) in [6.45, 7) is 7.58. The molecule has 1 N–H and O–H groups in total. The number of methoxy groups -OCH3 is 1. The summed E-state index contributed by atoms with van der Waals surface area (Å²) >= 11 is 0. The monoisotopic (exact) mass is 324 g/mol. The van der Waals surface area contributed by atoms with Crippen molar-refractivity contribution in [3.8, 4) is 5.75 Å². The molecule has 1 unspecified atom stereocenters. The molecule has 1 aromatic carbocycles. The molecule has 126 valence electrons. The molecule has 0 aromatic heterocycles. The Bertz CT molecular complexity index is 586. The Hall–Kier alpha value is -1.60. The molecule has 0 radical (unpaired) electrons. The van der Waals surface area contributed by atoms with Gasteiger partial charge in [0.1, 0.15) is 11.6 Å². The molecule has 7 heteroatoms. The number of phenols is 1. The number of rotatable bonds is 4. The summed E-state index contributed by atoms with van der Waals surface area (Å²) in [6, 6.07) is 3.67. The zero-order chi connectivity index (χ0) is 17.4. The van der Waals surface area contributed by atoms with Crippen LogP contribution in [0.3, 0.4) is 0 Å². The maximum absolute atomic E-state index is 13.2. The van der Waals surface area contributed by atoms with Crippen molar-refractivity contribution in [1.29, 1.82) is 0 Å². The third-order valence-corrected chi connectivity index (χ3v) is 4.61. The quantitative estimate of drug-likeness (QED) is 0.681. The van der Waals surface area contributed by atoms with Crippen molar-refractivity contribution in [2.75, 3.05) is 7.11 Å². The van der Waals surface area contributed by atoms with E-state index in [1.807, 2.05) is 27.7 Å². The van der Waals surface area contributed by atoms with Crippen LogP contribution in [-0.4, -0.2) is 36.5 Å². The molecule has 23 heavy (non-hydrogen) atoms. The molecule has 1 heterocycles. The van der Waals surface area contributed by atoms with Gasteiger partial charge in [0.2, 0.25) is 0 Å². The Balaban J connectivity index is 2.38. The molecule has 1 aliphatic rings. The molecule has 1 saturated heterocycles. The van der Waals surface area contributed by atoms with E-state index in [-0.39, 0.29) is 12.2 Å². The summed E-state index contributed by atoms with van der Waals surface area (Å²) in [6.07, 6.45) is -0.0491. The van der Waals surface area contributed by atoms with Gasteiger partial charge in [-0.1, -0.05) is 6.07 Å². The molecule has 1 aromatic rings. The lowest BCUT2D eigenvalue weighted by molar-refractivity contribution is -0.140. The number of ether oxygens (including phenoxy) is 1. The highest BCUT2D eigenvalue weighted by molar-refractivity contribution is 6.48. The zero-order valence-corrected chi connectivity index (χ0v) is 14.1. The van der Waals surface area contributed by atoms with E-state index in [1.165, 1.54) is 19.2 Å². The summed E-state index contributed by atoms with van der Waals surface area (Å²) in [5.74, 6) is -1.87. The highest BCUT2D eigenvalue weighted by atomic mass is 19.1. The molecule has 5 nitrogen and oxygen atoms in total. The number of carbonyl (C=O) groups is 1. The Morgan fingerprint density at radius 3 is 2.35 bits per heavy atom. The van der Waals surface area contributed by atoms with Gasteiger partial charge in [0.05, 0.1) is 24.7 Å². The second-order valence-corrected chi connectivity index (χ2v) is 6.71. The van der Waals surface area contributed by atoms with Crippen LogP contribution in [0.4, 0.5) is 4.39 Å². The molecule has 0 aliphatic carbocycles. The molecule has 0 amide bonds. The molecule has 2 rings (SSSR count). The van der Waals surface area contributed by atoms with Crippen molar-refractivity contribution >= 4 is 13.1 Å². The molecule has 0 saturated carbocycles. The van der Waals surface area contributed by atoms with Crippen molar-refractivity contribution in [2.45, 2.75) is 51.1 Å². The maximum atomic E-state index is 13.2. The Morgan fingerprint density at radius 1 is 1.30 bits per heavy atom. The number of benzene rings is 1. The van der Waals surface area contributed by atoms with E-state index < -0.39 is 35.9 Å². The molecular weight excluding hydrogens is 302 g/mol. The minimum absolute atomic E-state index is 0.0491. The predicted octanol–water partition coefficient (Wildman–Crippen LogP) is 2.81. The van der Waals surface area contributed by atoms with Crippen molar-refractivity contribution in [3.63, 3.8) is 0 Å². The van der Waals surface area contributed by atoms with Crippen LogP contribution in [0.5, 0.6) is 5.75 Å². The fourth-order valence-electron chi connectivity index (χ4n) is 2.50. The number of carbonyl (C=O) groups excluding carboxylic acids is 1. The van der Waals surface area contributed by atoms with Gasteiger partial charge in [0, 0.05) is 11.9 Å². The van der Waals surface area contributed by atoms with Gasteiger partial charge in [-0.25, -0.2) is 4.39 Å². The van der Waals surface area contributed by atoms with Gasteiger partial charge in [-0.3, -0.25) is 4.79 Å². The topological polar surface area (TPSA) is 65.0 Å². The zero-order valence-electron chi connectivity index (χ0n) is 14.1. The fraction of sp³-hybridized carbons (Fsp3) is 0.562. The third-order valence-electron chi connectivity index (χ3n) is 4.61. The average Bonchev–Trinajstić information content (AvgIpc) is 2.65. The second kappa shape index (κ2) is 6.13. The van der Waals surface area contributed by atoms with E-state index in [0.29, 0.717) is 5.56 Å². The van der Waals surface area contributed by atoms with E-state index in [1.54, 1.807) is 0 Å². The molecule has 0 spiro atoms. The van der Waals surface area contributed by atoms with E-state index in [0.717, 1.165) is 6.07 Å². The summed E-state index contributed by atoms with van der Waals surface area (Å²) in [7, 11) is 0.532. The highest BCUT2D eigenvalue weighted by Crippen LogP contribution is 2.43. The standard InChI is InChI=1S/C16H22BFO5/c1-15(2)16(3,4)23-17(22-15)12(9-14(20)21-5)11-7-6-10(18)8-13(11)19/h6-8,12,19H,9H2,1-5H3. The van der Waals surface area contributed by atoms with Crippen molar-refractivity contribution < 1.29 is 28.3 Å². The lowest BCUT2D eigenvalue weighted by Crippen LogP contribution is -2.41. The van der Waals surface area contributed by atoms with Crippen molar-refractivity contribution in [1.82, 2.24) is 0 Å². The van der Waals surface area contributed by atoms with Gasteiger partial charge in [-0.2, -0.15) is 0 Å². The van der Waals surface area contributed by atoms with Gasteiger partial charge >= 0.3 is 13.1 Å². The SMILES string of the molecule is COC(=O)CC(B1OC(C)(C)C(C)(C)O1)c1ccc(F)cc1O. The average molecular weight is 324 g/mol. The van der Waals surface area contributed by atoms with Crippen LogP contribution in [0.2, 0.25) is 0 Å². The first-order valence-corrected chi connectivity index (χ1v) is 7.48. The van der Waals surface area contributed by atoms with Gasteiger partial charge < -0.3 is 19.2 Å². The first-order chi connectivity index (χ1) is 10.6. The van der Waals surface area contributed by atoms with Crippen molar-refractivity contribution in [3.05, 3.63) is 29.6 Å². The number of hydrogen-bond donors (Lipinski definition) is 1. The highest BCUT2D eigenvalue weighted by Gasteiger charge is 2.54. The Kier molecular flexibility index (Phi) is 4.73. The predicted molar refractivity (Wildman–Crippen MR) is 83.5 cm³/mol. The fourth-order valence-corrected chi connectivity index (χ4v) is 2.50. The summed E-state index contributed by atoms with van der Waals surface area (Å²) in [5, 5.41) is 10.1. The minimum Gasteiger partial charge on any atom is -0.508 e. The molecule has 1 atom stereocenters. The lowest BCUT2D eigenvalue weighted by atomic mass is 9.66. The third kappa shape index (κ3) is 3.51. The number of phenolic OH excluding ortho intramolecular Hbond substituents is 1. The van der Waals surface area contributed by atoms with Gasteiger partial charge in [0.25, 0.3) is 0 Å². The van der Waals surface area contributed by atoms with Crippen LogP contribution in [0.15, 0.2) is 18.2 Å². The van der Waals surface area contributed by atoms with Crippen LogP contribution in [0.1, 0.15) is 45.5 Å². The first kappa shape index (κ1) is 17.8. The van der Waals surface area contributed by atoms with Gasteiger partial charge in [-0.15, -0.1) is 0 Å². The molecule has 0 bridgehead atoms. The summed E-state index contributed by atoms with van der Waals surface area (Å²) in [4.78, 5) is 11.8. The lowest BCUT2D eigenvalue weighted by Gasteiger charge is -2.32. The minimum atomic E-state index is -0.754. The first-order valence-electron chi connectivity index (χ1n) is 7.48. The number of esters is 1. The molecule has 1 fully saturated rings. The Labute approximate surface area is 135 Å². The molecular formula is C16H22BFO5. The number of hydrogen-bond acceptors (Lipinski definition) is 5. The summed E-state index contributed by atoms with van der Waals surface area (Å²) < 4.78 is 29.9. The van der Waals surface area contributed by atoms with Gasteiger partial charge in [0.15, 0.2) is 0 Å². The number of halogens is 1. The van der Waals surface area contributed by atoms with Crippen LogP contribution >= 0.6 is 0 Å². The Morgan fingerprint density at radius 2 is 1.87 bits per heavy atom. The van der Waals surface area contributed by atoms with E-state index >= 15 is 0 Å². The van der Waals surface area contributed by atoms with E-state index in [4.69, 9.17) is 14.0 Å². The maximum Gasteiger partial charge on any atom is 0.466 e.